The second kappa shape index (κ2) is 5.79. The van der Waals surface area contributed by atoms with E-state index in [-0.39, 0.29) is 16.6 Å². The van der Waals surface area contributed by atoms with E-state index in [1.165, 1.54) is 12.1 Å². The highest BCUT2D eigenvalue weighted by Crippen LogP contribution is 2.22. The molecule has 98 valence electrons. The van der Waals surface area contributed by atoms with Crippen molar-refractivity contribution in [2.75, 3.05) is 0 Å². The molecule has 5 nitrogen and oxygen atoms in total. The molecule has 0 saturated heterocycles. The molecule has 5 heteroatoms. The van der Waals surface area contributed by atoms with Crippen molar-refractivity contribution in [3.8, 4) is 11.1 Å². The number of carboxylic acids is 2. The van der Waals surface area contributed by atoms with Crippen molar-refractivity contribution in [3.05, 3.63) is 59.7 Å². The van der Waals surface area contributed by atoms with Gasteiger partial charge in [0.05, 0.1) is 11.1 Å². The highest BCUT2D eigenvalue weighted by molar-refractivity contribution is 6.02. The number of hydrogen-bond donors (Lipinski definition) is 2. The van der Waals surface area contributed by atoms with Crippen LogP contribution in [0.4, 0.5) is 0 Å². The van der Waals surface area contributed by atoms with Gasteiger partial charge in [-0.2, -0.15) is 0 Å². The summed E-state index contributed by atoms with van der Waals surface area (Å²) >= 11 is 0. The fourth-order valence-electron chi connectivity index (χ4n) is 1.72. The third-order valence-corrected chi connectivity index (χ3v) is 2.59. The summed E-state index contributed by atoms with van der Waals surface area (Å²) in [5, 5.41) is 17.9. The fourth-order valence-corrected chi connectivity index (χ4v) is 1.72. The summed E-state index contributed by atoms with van der Waals surface area (Å²) < 4.78 is 0. The van der Waals surface area contributed by atoms with Gasteiger partial charge < -0.3 is 15.7 Å². The lowest BCUT2D eigenvalue weighted by Crippen LogP contribution is -2.07. The SMILES string of the molecule is O.O=C(O)c1ccc(-c2ccccc2)cc1C(=O)O. The molecule has 2 aromatic rings. The van der Waals surface area contributed by atoms with Crippen molar-refractivity contribution in [3.63, 3.8) is 0 Å². The van der Waals surface area contributed by atoms with E-state index >= 15 is 0 Å². The molecule has 2 aromatic carbocycles. The average molecular weight is 260 g/mol. The first kappa shape index (κ1) is 14.4. The molecule has 19 heavy (non-hydrogen) atoms. The Balaban J connectivity index is 0.00000180. The maximum Gasteiger partial charge on any atom is 0.336 e. The molecular formula is C14H12O5. The smallest absolute Gasteiger partial charge is 0.336 e. The number of carbonyl (C=O) groups is 2. The summed E-state index contributed by atoms with van der Waals surface area (Å²) in [5.41, 5.74) is 1.11. The molecule has 0 bridgehead atoms. The molecule has 0 saturated carbocycles. The van der Waals surface area contributed by atoms with Gasteiger partial charge in [-0.05, 0) is 23.3 Å². The van der Waals surface area contributed by atoms with Gasteiger partial charge in [-0.15, -0.1) is 0 Å². The molecule has 0 radical (unpaired) electrons. The van der Waals surface area contributed by atoms with E-state index in [9.17, 15) is 9.59 Å². The molecule has 0 fully saturated rings. The number of hydrogen-bond acceptors (Lipinski definition) is 2. The van der Waals surface area contributed by atoms with Crippen LogP contribution in [0.5, 0.6) is 0 Å². The molecule has 2 rings (SSSR count). The van der Waals surface area contributed by atoms with Gasteiger partial charge in [0.1, 0.15) is 0 Å². The molecular weight excluding hydrogens is 248 g/mol. The van der Waals surface area contributed by atoms with Crippen molar-refractivity contribution >= 4 is 11.9 Å². The molecule has 0 unspecified atom stereocenters. The van der Waals surface area contributed by atoms with Crippen LogP contribution in [0.1, 0.15) is 20.7 Å². The first-order valence-corrected chi connectivity index (χ1v) is 5.25. The topological polar surface area (TPSA) is 106 Å². The van der Waals surface area contributed by atoms with Crippen molar-refractivity contribution in [1.82, 2.24) is 0 Å². The molecule has 0 aliphatic heterocycles. The minimum absolute atomic E-state index is 0. The summed E-state index contributed by atoms with van der Waals surface area (Å²) in [4.78, 5) is 22.0. The van der Waals surface area contributed by atoms with Crippen LogP contribution in [0.3, 0.4) is 0 Å². The van der Waals surface area contributed by atoms with Gasteiger partial charge in [0.25, 0.3) is 0 Å². The molecule has 0 spiro atoms. The van der Waals surface area contributed by atoms with Crippen LogP contribution in [-0.4, -0.2) is 27.6 Å². The Hall–Kier alpha value is -2.66. The molecule has 0 aliphatic rings. The number of aromatic carboxylic acids is 2. The zero-order valence-electron chi connectivity index (χ0n) is 9.83. The largest absolute Gasteiger partial charge is 0.478 e. The van der Waals surface area contributed by atoms with Crippen LogP contribution >= 0.6 is 0 Å². The maximum atomic E-state index is 11.0. The monoisotopic (exact) mass is 260 g/mol. The molecule has 0 aliphatic carbocycles. The highest BCUT2D eigenvalue weighted by atomic mass is 16.4. The Labute approximate surface area is 109 Å². The second-order valence-corrected chi connectivity index (χ2v) is 3.74. The van der Waals surface area contributed by atoms with Crippen molar-refractivity contribution in [2.24, 2.45) is 0 Å². The van der Waals surface area contributed by atoms with Crippen LogP contribution < -0.4 is 0 Å². The van der Waals surface area contributed by atoms with Gasteiger partial charge in [-0.1, -0.05) is 36.4 Å². The van der Waals surface area contributed by atoms with Crippen LogP contribution in [0.2, 0.25) is 0 Å². The molecule has 4 N–H and O–H groups in total. The molecule has 0 atom stereocenters. The normalized spacial score (nSPS) is 9.47. The Kier molecular flexibility index (Phi) is 4.39. The minimum Gasteiger partial charge on any atom is -0.478 e. The Morgan fingerprint density at radius 3 is 1.84 bits per heavy atom. The quantitative estimate of drug-likeness (QED) is 0.879. The standard InChI is InChI=1S/C14H10O4.H2O/c15-13(16)11-7-6-10(8-12(11)14(17)18)9-4-2-1-3-5-9;/h1-8H,(H,15,16)(H,17,18);1H2. The Morgan fingerprint density at radius 2 is 1.32 bits per heavy atom. The van der Waals surface area contributed by atoms with Crippen molar-refractivity contribution in [1.29, 1.82) is 0 Å². The highest BCUT2D eigenvalue weighted by Gasteiger charge is 2.16. The number of carboxylic acid groups (broad SMARTS) is 2. The van der Waals surface area contributed by atoms with E-state index in [4.69, 9.17) is 10.2 Å². The van der Waals surface area contributed by atoms with E-state index in [0.29, 0.717) is 5.56 Å². The Morgan fingerprint density at radius 1 is 0.737 bits per heavy atom. The Bertz CT molecular complexity index is 604. The van der Waals surface area contributed by atoms with Gasteiger partial charge in [0, 0.05) is 0 Å². The lowest BCUT2D eigenvalue weighted by atomic mass is 9.99. The predicted octanol–water partition coefficient (Wildman–Crippen LogP) is 1.93. The minimum atomic E-state index is -1.25. The van der Waals surface area contributed by atoms with Gasteiger partial charge in [0.15, 0.2) is 0 Å². The van der Waals surface area contributed by atoms with Crippen LogP contribution in [0.15, 0.2) is 48.5 Å². The maximum absolute atomic E-state index is 11.0. The zero-order valence-corrected chi connectivity index (χ0v) is 9.83. The molecule has 0 aromatic heterocycles. The van der Waals surface area contributed by atoms with Crippen molar-refractivity contribution < 1.29 is 25.3 Å². The van der Waals surface area contributed by atoms with Gasteiger partial charge >= 0.3 is 11.9 Å². The van der Waals surface area contributed by atoms with Gasteiger partial charge in [-0.3, -0.25) is 0 Å². The number of rotatable bonds is 3. The summed E-state index contributed by atoms with van der Waals surface area (Å²) in [6.45, 7) is 0. The van der Waals surface area contributed by atoms with E-state index in [0.717, 1.165) is 5.56 Å². The van der Waals surface area contributed by atoms with Crippen molar-refractivity contribution in [2.45, 2.75) is 0 Å². The van der Waals surface area contributed by atoms with Crippen LogP contribution in [0, 0.1) is 0 Å². The van der Waals surface area contributed by atoms with E-state index in [1.54, 1.807) is 6.07 Å². The predicted molar refractivity (Wildman–Crippen MR) is 69.4 cm³/mol. The molecule has 0 heterocycles. The third-order valence-electron chi connectivity index (χ3n) is 2.59. The van der Waals surface area contributed by atoms with Crippen LogP contribution in [-0.2, 0) is 0 Å². The van der Waals surface area contributed by atoms with Crippen LogP contribution in [0.25, 0.3) is 11.1 Å². The number of benzene rings is 2. The van der Waals surface area contributed by atoms with Gasteiger partial charge in [0.2, 0.25) is 0 Å². The summed E-state index contributed by atoms with van der Waals surface area (Å²) in [6.07, 6.45) is 0. The molecule has 0 amide bonds. The lowest BCUT2D eigenvalue weighted by molar-refractivity contribution is 0.0651. The average Bonchev–Trinajstić information content (AvgIpc) is 2.39. The summed E-state index contributed by atoms with van der Waals surface area (Å²) in [5.74, 6) is -2.49. The first-order chi connectivity index (χ1) is 8.59. The zero-order chi connectivity index (χ0) is 13.1. The van der Waals surface area contributed by atoms with E-state index in [2.05, 4.69) is 0 Å². The van der Waals surface area contributed by atoms with E-state index < -0.39 is 11.9 Å². The third kappa shape index (κ3) is 2.97. The second-order valence-electron chi connectivity index (χ2n) is 3.74. The first-order valence-electron chi connectivity index (χ1n) is 5.25. The summed E-state index contributed by atoms with van der Waals surface area (Å²) in [6, 6.07) is 13.5. The van der Waals surface area contributed by atoms with E-state index in [1.807, 2.05) is 30.3 Å². The van der Waals surface area contributed by atoms with Gasteiger partial charge in [-0.25, -0.2) is 9.59 Å². The summed E-state index contributed by atoms with van der Waals surface area (Å²) in [7, 11) is 0. The lowest BCUT2D eigenvalue weighted by Gasteiger charge is -2.06. The fraction of sp³-hybridized carbons (Fsp3) is 0.